The number of fused-ring (bicyclic) bond motifs is 1. The average molecular weight is 431 g/mol. The first-order valence-corrected chi connectivity index (χ1v) is 10.7. The van der Waals surface area contributed by atoms with E-state index in [2.05, 4.69) is 10.4 Å². The second-order valence-corrected chi connectivity index (χ2v) is 8.68. The molecule has 0 unspecified atom stereocenters. The molecule has 0 bridgehead atoms. The summed E-state index contributed by atoms with van der Waals surface area (Å²) in [5, 5.41) is 8.05. The lowest BCUT2D eigenvalue weighted by molar-refractivity contribution is -0.134. The molecule has 2 aliphatic heterocycles. The molecule has 2 aliphatic rings. The fraction of sp³-hybridized carbons (Fsp3) is 0.500. The Bertz CT molecular complexity index is 993. The van der Waals surface area contributed by atoms with Gasteiger partial charge in [-0.05, 0) is 32.9 Å². The molecular weight excluding hydrogens is 404 g/mol. The van der Waals surface area contributed by atoms with Crippen molar-refractivity contribution in [1.82, 2.24) is 20.0 Å². The van der Waals surface area contributed by atoms with Crippen LogP contribution in [0.5, 0.6) is 5.75 Å². The molecule has 1 aromatic heterocycles. The van der Waals surface area contributed by atoms with Crippen LogP contribution in [0.1, 0.15) is 46.6 Å². The first-order chi connectivity index (χ1) is 14.3. The summed E-state index contributed by atoms with van der Waals surface area (Å²) in [6.07, 6.45) is 1.74. The van der Waals surface area contributed by atoms with Gasteiger partial charge in [-0.15, -0.1) is 0 Å². The number of ether oxygens (including phenoxy) is 1. The van der Waals surface area contributed by atoms with Crippen LogP contribution in [0.4, 0.5) is 0 Å². The van der Waals surface area contributed by atoms with Crippen molar-refractivity contribution in [3.8, 4) is 5.75 Å². The average Bonchev–Trinajstić information content (AvgIpc) is 2.90. The number of piperidine rings is 1. The third-order valence-corrected chi connectivity index (χ3v) is 6.68. The van der Waals surface area contributed by atoms with Crippen molar-refractivity contribution in [3.05, 3.63) is 45.7 Å². The standard InChI is InChI=1S/C22H27ClN4O3/c1-14-4-5-18-17(12-14)21(29)24-13-22(30-18)7-10-26(11-8-22)19(28)6-9-27-16(3)20(23)15(2)25-27/h4-5,12H,6-11,13H2,1-3H3,(H,24,29). The van der Waals surface area contributed by atoms with Gasteiger partial charge in [0.15, 0.2) is 0 Å². The molecule has 0 aliphatic carbocycles. The number of aryl methyl sites for hydroxylation is 3. The number of carbonyl (C=O) groups excluding carboxylic acids is 2. The van der Waals surface area contributed by atoms with E-state index >= 15 is 0 Å². The highest BCUT2D eigenvalue weighted by atomic mass is 35.5. The van der Waals surface area contributed by atoms with Gasteiger partial charge in [0.2, 0.25) is 5.91 Å². The van der Waals surface area contributed by atoms with Crippen molar-refractivity contribution in [2.75, 3.05) is 19.6 Å². The van der Waals surface area contributed by atoms with Gasteiger partial charge in [0.25, 0.3) is 5.91 Å². The number of likely N-dealkylation sites (tertiary alicyclic amines) is 1. The Hall–Kier alpha value is -2.54. The molecule has 0 saturated carbocycles. The molecule has 8 heteroatoms. The quantitative estimate of drug-likeness (QED) is 0.812. The second kappa shape index (κ2) is 7.95. The van der Waals surface area contributed by atoms with E-state index in [9.17, 15) is 9.59 Å². The Balaban J connectivity index is 1.38. The van der Waals surface area contributed by atoms with Crippen LogP contribution >= 0.6 is 11.6 Å². The Kier molecular flexibility index (Phi) is 5.49. The summed E-state index contributed by atoms with van der Waals surface area (Å²) in [5.41, 5.74) is 2.79. The molecule has 1 saturated heterocycles. The highest BCUT2D eigenvalue weighted by Crippen LogP contribution is 2.33. The maximum atomic E-state index is 12.7. The van der Waals surface area contributed by atoms with E-state index in [0.29, 0.717) is 61.8 Å². The molecule has 1 aromatic carbocycles. The van der Waals surface area contributed by atoms with Gasteiger partial charge in [-0.2, -0.15) is 5.10 Å². The molecule has 4 rings (SSSR count). The highest BCUT2D eigenvalue weighted by molar-refractivity contribution is 6.31. The maximum Gasteiger partial charge on any atom is 0.255 e. The minimum atomic E-state index is -0.476. The number of amides is 2. The molecule has 7 nitrogen and oxygen atoms in total. The first-order valence-electron chi connectivity index (χ1n) is 10.3. The topological polar surface area (TPSA) is 76.5 Å². The van der Waals surface area contributed by atoms with Crippen LogP contribution in [0.2, 0.25) is 5.02 Å². The van der Waals surface area contributed by atoms with Crippen LogP contribution < -0.4 is 10.1 Å². The van der Waals surface area contributed by atoms with Gasteiger partial charge in [0.05, 0.1) is 35.1 Å². The fourth-order valence-electron chi connectivity index (χ4n) is 4.21. The van der Waals surface area contributed by atoms with Gasteiger partial charge < -0.3 is 15.0 Å². The van der Waals surface area contributed by atoms with Gasteiger partial charge in [0, 0.05) is 32.4 Å². The van der Waals surface area contributed by atoms with Crippen LogP contribution in [0.3, 0.4) is 0 Å². The van der Waals surface area contributed by atoms with E-state index < -0.39 is 5.60 Å². The van der Waals surface area contributed by atoms with E-state index in [1.165, 1.54) is 0 Å². The lowest BCUT2D eigenvalue weighted by atomic mass is 9.90. The molecule has 2 amide bonds. The molecule has 2 aromatic rings. The molecular formula is C22H27ClN4O3. The smallest absolute Gasteiger partial charge is 0.255 e. The summed E-state index contributed by atoms with van der Waals surface area (Å²) < 4.78 is 8.15. The van der Waals surface area contributed by atoms with E-state index in [4.69, 9.17) is 16.3 Å². The number of halogens is 1. The molecule has 1 N–H and O–H groups in total. The number of benzene rings is 1. The van der Waals surface area contributed by atoms with Crippen LogP contribution in [0.25, 0.3) is 0 Å². The van der Waals surface area contributed by atoms with E-state index in [1.54, 1.807) is 4.68 Å². The van der Waals surface area contributed by atoms with Crippen LogP contribution in [-0.4, -0.2) is 51.7 Å². The van der Waals surface area contributed by atoms with E-state index in [1.807, 2.05) is 43.9 Å². The number of nitrogens with zero attached hydrogens (tertiary/aromatic N) is 3. The summed E-state index contributed by atoms with van der Waals surface area (Å²) in [5.74, 6) is 0.617. The number of nitrogens with one attached hydrogen (secondary N) is 1. The van der Waals surface area contributed by atoms with Crippen LogP contribution in [0, 0.1) is 20.8 Å². The SMILES string of the molecule is Cc1ccc2c(c1)C(=O)NCC1(CCN(C(=O)CCn3nc(C)c(Cl)c3C)CC1)O2. The molecule has 0 atom stereocenters. The van der Waals surface area contributed by atoms with E-state index in [-0.39, 0.29) is 11.8 Å². The van der Waals surface area contributed by atoms with Crippen molar-refractivity contribution in [2.24, 2.45) is 0 Å². The Morgan fingerprint density at radius 3 is 2.67 bits per heavy atom. The zero-order valence-corrected chi connectivity index (χ0v) is 18.4. The van der Waals surface area contributed by atoms with Crippen LogP contribution in [-0.2, 0) is 11.3 Å². The van der Waals surface area contributed by atoms with Crippen molar-refractivity contribution in [2.45, 2.75) is 52.2 Å². The van der Waals surface area contributed by atoms with Gasteiger partial charge in [-0.25, -0.2) is 0 Å². The molecule has 3 heterocycles. The third-order valence-electron chi connectivity index (χ3n) is 6.14. The number of hydrogen-bond acceptors (Lipinski definition) is 4. The van der Waals surface area contributed by atoms with Crippen molar-refractivity contribution < 1.29 is 14.3 Å². The summed E-state index contributed by atoms with van der Waals surface area (Å²) in [6.45, 7) is 7.90. The summed E-state index contributed by atoms with van der Waals surface area (Å²) >= 11 is 6.19. The molecule has 0 radical (unpaired) electrons. The number of carbonyl (C=O) groups is 2. The monoisotopic (exact) mass is 430 g/mol. The normalized spacial score (nSPS) is 17.9. The Labute approximate surface area is 181 Å². The lowest BCUT2D eigenvalue weighted by Gasteiger charge is -2.41. The number of rotatable bonds is 3. The second-order valence-electron chi connectivity index (χ2n) is 8.31. The van der Waals surface area contributed by atoms with Crippen molar-refractivity contribution >= 4 is 23.4 Å². The van der Waals surface area contributed by atoms with E-state index in [0.717, 1.165) is 17.0 Å². The zero-order chi connectivity index (χ0) is 21.5. The highest BCUT2D eigenvalue weighted by Gasteiger charge is 2.40. The predicted molar refractivity (Wildman–Crippen MR) is 114 cm³/mol. The summed E-state index contributed by atoms with van der Waals surface area (Å²) in [7, 11) is 0. The predicted octanol–water partition coefficient (Wildman–Crippen LogP) is 3.04. The lowest BCUT2D eigenvalue weighted by Crippen LogP contribution is -2.54. The first kappa shape index (κ1) is 20.7. The summed E-state index contributed by atoms with van der Waals surface area (Å²) in [4.78, 5) is 27.1. The van der Waals surface area contributed by atoms with Crippen molar-refractivity contribution in [3.63, 3.8) is 0 Å². The number of aromatic nitrogens is 2. The van der Waals surface area contributed by atoms with Gasteiger partial charge in [0.1, 0.15) is 11.4 Å². The molecule has 160 valence electrons. The molecule has 1 fully saturated rings. The Morgan fingerprint density at radius 1 is 1.27 bits per heavy atom. The fourth-order valence-corrected chi connectivity index (χ4v) is 4.35. The number of hydrogen-bond donors (Lipinski definition) is 1. The van der Waals surface area contributed by atoms with Gasteiger partial charge in [-0.1, -0.05) is 23.2 Å². The zero-order valence-electron chi connectivity index (χ0n) is 17.6. The molecule has 1 spiro atoms. The Morgan fingerprint density at radius 2 is 2.00 bits per heavy atom. The van der Waals surface area contributed by atoms with Gasteiger partial charge in [-0.3, -0.25) is 14.3 Å². The largest absolute Gasteiger partial charge is 0.484 e. The minimum Gasteiger partial charge on any atom is -0.484 e. The molecule has 30 heavy (non-hydrogen) atoms. The third kappa shape index (κ3) is 3.90. The van der Waals surface area contributed by atoms with Crippen molar-refractivity contribution in [1.29, 1.82) is 0 Å². The summed E-state index contributed by atoms with van der Waals surface area (Å²) in [6, 6.07) is 5.68. The maximum absolute atomic E-state index is 12.7. The van der Waals surface area contributed by atoms with Gasteiger partial charge >= 0.3 is 0 Å². The van der Waals surface area contributed by atoms with Crippen LogP contribution in [0.15, 0.2) is 18.2 Å². The minimum absolute atomic E-state index is 0.0993.